The number of anilines is 1. The second-order valence-corrected chi connectivity index (χ2v) is 5.55. The predicted octanol–water partition coefficient (Wildman–Crippen LogP) is 3.20. The van der Waals surface area contributed by atoms with Gasteiger partial charge >= 0.3 is 0 Å². The number of amides is 1. The number of oxazole rings is 1. The molecule has 0 radical (unpaired) electrons. The molecule has 128 valence electrons. The van der Waals surface area contributed by atoms with Crippen molar-refractivity contribution in [3.05, 3.63) is 71.9 Å². The van der Waals surface area contributed by atoms with Gasteiger partial charge in [0.1, 0.15) is 12.1 Å². The molecule has 0 saturated heterocycles. The molecule has 2 aromatic carbocycles. The lowest BCUT2D eigenvalue weighted by molar-refractivity contribution is -0.115. The van der Waals surface area contributed by atoms with Gasteiger partial charge in [0.2, 0.25) is 11.8 Å². The Morgan fingerprint density at radius 1 is 1.12 bits per heavy atom. The van der Waals surface area contributed by atoms with Crippen molar-refractivity contribution in [3.63, 3.8) is 0 Å². The topological polar surface area (TPSA) is 75.4 Å². The van der Waals surface area contributed by atoms with E-state index < -0.39 is 0 Å². The largest absolute Gasteiger partial charge is 0.444 e. The van der Waals surface area contributed by atoms with Gasteiger partial charge in [-0.2, -0.15) is 0 Å². The van der Waals surface area contributed by atoms with Crippen LogP contribution in [0.25, 0.3) is 11.5 Å². The normalized spacial score (nSPS) is 10.6. The van der Waals surface area contributed by atoms with Gasteiger partial charge in [-0.15, -0.1) is 0 Å². The minimum Gasteiger partial charge on any atom is -0.444 e. The van der Waals surface area contributed by atoms with Gasteiger partial charge < -0.3 is 14.8 Å². The number of benzene rings is 2. The van der Waals surface area contributed by atoms with E-state index in [1.54, 1.807) is 24.3 Å². The first-order valence-electron chi connectivity index (χ1n) is 7.84. The minimum absolute atomic E-state index is 0.0725. The lowest BCUT2D eigenvalue weighted by Crippen LogP contribution is -2.14. The Hall–Kier alpha value is -2.99. The summed E-state index contributed by atoms with van der Waals surface area (Å²) in [5.41, 5.74) is 2.82. The standard InChI is InChI=1S/C19H17FN2O3/c20-15-5-3-14(4-6-15)19-22-17(12-25-19)11-18(24)21-16-7-1-13(2-8-16)9-10-23/h1-8,12,23H,9-11H2,(H,21,24). The van der Waals surface area contributed by atoms with E-state index in [9.17, 15) is 9.18 Å². The summed E-state index contributed by atoms with van der Waals surface area (Å²) in [4.78, 5) is 16.4. The molecule has 0 aliphatic carbocycles. The van der Waals surface area contributed by atoms with Crippen LogP contribution in [0.4, 0.5) is 10.1 Å². The van der Waals surface area contributed by atoms with Crippen molar-refractivity contribution < 1.29 is 18.7 Å². The number of hydrogen-bond acceptors (Lipinski definition) is 4. The molecule has 1 amide bonds. The molecular weight excluding hydrogens is 323 g/mol. The zero-order valence-electron chi connectivity index (χ0n) is 13.4. The Kier molecular flexibility index (Phi) is 5.20. The molecule has 0 saturated carbocycles. The number of aliphatic hydroxyl groups excluding tert-OH is 1. The molecule has 3 aromatic rings. The fourth-order valence-corrected chi connectivity index (χ4v) is 2.37. The summed E-state index contributed by atoms with van der Waals surface area (Å²) in [6.07, 6.45) is 2.07. The third-order valence-electron chi connectivity index (χ3n) is 3.62. The van der Waals surface area contributed by atoms with E-state index in [1.165, 1.54) is 18.4 Å². The number of aromatic nitrogens is 1. The monoisotopic (exact) mass is 340 g/mol. The van der Waals surface area contributed by atoms with E-state index in [-0.39, 0.29) is 24.8 Å². The average molecular weight is 340 g/mol. The summed E-state index contributed by atoms with van der Waals surface area (Å²) in [5.74, 6) is -0.204. The molecule has 0 aliphatic rings. The third kappa shape index (κ3) is 4.51. The Morgan fingerprint density at radius 2 is 1.84 bits per heavy atom. The molecular formula is C19H17FN2O3. The molecule has 6 heteroatoms. The Balaban J connectivity index is 1.60. The minimum atomic E-state index is -0.333. The fraction of sp³-hybridized carbons (Fsp3) is 0.158. The van der Waals surface area contributed by atoms with Crippen LogP contribution in [0.3, 0.4) is 0 Å². The highest BCUT2D eigenvalue weighted by Gasteiger charge is 2.11. The van der Waals surface area contributed by atoms with Crippen LogP contribution in [-0.4, -0.2) is 22.6 Å². The molecule has 0 spiro atoms. The van der Waals surface area contributed by atoms with Crippen molar-refractivity contribution in [3.8, 4) is 11.5 Å². The van der Waals surface area contributed by atoms with Crippen molar-refractivity contribution >= 4 is 11.6 Å². The Labute approximate surface area is 144 Å². The molecule has 1 heterocycles. The molecule has 0 unspecified atom stereocenters. The molecule has 0 aliphatic heterocycles. The van der Waals surface area contributed by atoms with E-state index in [1.807, 2.05) is 12.1 Å². The number of nitrogens with one attached hydrogen (secondary N) is 1. The van der Waals surface area contributed by atoms with Gasteiger partial charge in [0, 0.05) is 17.9 Å². The van der Waals surface area contributed by atoms with Crippen molar-refractivity contribution in [2.75, 3.05) is 11.9 Å². The van der Waals surface area contributed by atoms with E-state index >= 15 is 0 Å². The maximum atomic E-state index is 12.9. The summed E-state index contributed by atoms with van der Waals surface area (Å²) >= 11 is 0. The number of rotatable bonds is 6. The quantitative estimate of drug-likeness (QED) is 0.722. The summed E-state index contributed by atoms with van der Waals surface area (Å²) < 4.78 is 18.3. The van der Waals surface area contributed by atoms with Crippen molar-refractivity contribution in [2.45, 2.75) is 12.8 Å². The van der Waals surface area contributed by atoms with E-state index in [2.05, 4.69) is 10.3 Å². The van der Waals surface area contributed by atoms with E-state index in [4.69, 9.17) is 9.52 Å². The van der Waals surface area contributed by atoms with Gasteiger partial charge in [-0.25, -0.2) is 9.37 Å². The number of carbonyl (C=O) groups is 1. The van der Waals surface area contributed by atoms with Gasteiger partial charge in [0.25, 0.3) is 0 Å². The van der Waals surface area contributed by atoms with Crippen molar-refractivity contribution in [1.29, 1.82) is 0 Å². The van der Waals surface area contributed by atoms with Crippen LogP contribution in [0.1, 0.15) is 11.3 Å². The van der Waals surface area contributed by atoms with Crippen LogP contribution in [0.15, 0.2) is 59.2 Å². The Bertz CT molecular complexity index is 842. The van der Waals surface area contributed by atoms with Crippen molar-refractivity contribution in [2.24, 2.45) is 0 Å². The predicted molar refractivity (Wildman–Crippen MR) is 91.5 cm³/mol. The molecule has 5 nitrogen and oxygen atoms in total. The van der Waals surface area contributed by atoms with Crippen LogP contribution < -0.4 is 5.32 Å². The lowest BCUT2D eigenvalue weighted by Gasteiger charge is -2.05. The van der Waals surface area contributed by atoms with Crippen LogP contribution in [0, 0.1) is 5.82 Å². The highest BCUT2D eigenvalue weighted by molar-refractivity contribution is 5.92. The maximum Gasteiger partial charge on any atom is 0.230 e. The van der Waals surface area contributed by atoms with E-state index in [0.717, 1.165) is 5.56 Å². The fourth-order valence-electron chi connectivity index (χ4n) is 2.37. The number of carbonyl (C=O) groups excluding carboxylic acids is 1. The zero-order chi connectivity index (χ0) is 17.6. The summed E-state index contributed by atoms with van der Waals surface area (Å²) in [7, 11) is 0. The third-order valence-corrected chi connectivity index (χ3v) is 3.62. The first kappa shape index (κ1) is 16.9. The highest BCUT2D eigenvalue weighted by atomic mass is 19.1. The van der Waals surface area contributed by atoms with Crippen molar-refractivity contribution in [1.82, 2.24) is 4.98 Å². The van der Waals surface area contributed by atoms with Gasteiger partial charge in [-0.05, 0) is 48.4 Å². The molecule has 3 rings (SSSR count). The molecule has 0 bridgehead atoms. The van der Waals surface area contributed by atoms with Gasteiger partial charge in [0.15, 0.2) is 0 Å². The summed E-state index contributed by atoms with van der Waals surface area (Å²) in [5, 5.41) is 11.7. The second-order valence-electron chi connectivity index (χ2n) is 5.55. The second kappa shape index (κ2) is 7.72. The first-order chi connectivity index (χ1) is 12.1. The number of aliphatic hydroxyl groups is 1. The van der Waals surface area contributed by atoms with Crippen LogP contribution >= 0.6 is 0 Å². The van der Waals surface area contributed by atoms with Crippen LogP contribution in [0.2, 0.25) is 0 Å². The van der Waals surface area contributed by atoms with Gasteiger partial charge in [-0.1, -0.05) is 12.1 Å². The number of halogens is 1. The number of hydrogen-bond donors (Lipinski definition) is 2. The number of nitrogens with zero attached hydrogens (tertiary/aromatic N) is 1. The SMILES string of the molecule is O=C(Cc1coc(-c2ccc(F)cc2)n1)Nc1ccc(CCO)cc1. The summed E-state index contributed by atoms with van der Waals surface area (Å²) in [6, 6.07) is 13.1. The molecule has 0 atom stereocenters. The molecule has 1 aromatic heterocycles. The maximum absolute atomic E-state index is 12.9. The highest BCUT2D eigenvalue weighted by Crippen LogP contribution is 2.19. The average Bonchev–Trinajstić information content (AvgIpc) is 3.06. The van der Waals surface area contributed by atoms with E-state index in [0.29, 0.717) is 29.3 Å². The Morgan fingerprint density at radius 3 is 2.52 bits per heavy atom. The molecule has 25 heavy (non-hydrogen) atoms. The molecule has 0 fully saturated rings. The lowest BCUT2D eigenvalue weighted by atomic mass is 10.1. The first-order valence-corrected chi connectivity index (χ1v) is 7.84. The smallest absolute Gasteiger partial charge is 0.230 e. The van der Waals surface area contributed by atoms with Crippen LogP contribution in [-0.2, 0) is 17.6 Å². The van der Waals surface area contributed by atoms with Gasteiger partial charge in [0.05, 0.1) is 12.1 Å². The molecule has 2 N–H and O–H groups in total. The summed E-state index contributed by atoms with van der Waals surface area (Å²) in [6.45, 7) is 0.0915. The zero-order valence-corrected chi connectivity index (χ0v) is 13.4. The van der Waals surface area contributed by atoms with Gasteiger partial charge in [-0.3, -0.25) is 4.79 Å². The van der Waals surface area contributed by atoms with Crippen LogP contribution in [0.5, 0.6) is 0 Å².